The van der Waals surface area contributed by atoms with Crippen LogP contribution >= 0.6 is 0 Å². The van der Waals surface area contributed by atoms with Gasteiger partial charge in [-0.2, -0.15) is 0 Å². The monoisotopic (exact) mass is 294 g/mol. The van der Waals surface area contributed by atoms with Crippen LogP contribution in [0, 0.1) is 0 Å². The zero-order valence-corrected chi connectivity index (χ0v) is 12.5. The average molecular weight is 294 g/mol. The van der Waals surface area contributed by atoms with Gasteiger partial charge in [0, 0.05) is 18.8 Å². The number of aliphatic hydroxyl groups is 1. The smallest absolute Gasteiger partial charge is 0.171 e. The minimum atomic E-state index is -0.563. The van der Waals surface area contributed by atoms with Gasteiger partial charge < -0.3 is 24.1 Å². The second-order valence-corrected chi connectivity index (χ2v) is 5.64. The topological polar surface area (TPSA) is 57.2 Å². The lowest BCUT2D eigenvalue weighted by atomic mass is 9.78. The van der Waals surface area contributed by atoms with Gasteiger partial charge in [-0.05, 0) is 24.1 Å². The Bertz CT molecular complexity index is 495. The van der Waals surface area contributed by atoms with E-state index in [4.69, 9.17) is 18.9 Å². The highest BCUT2D eigenvalue weighted by molar-refractivity contribution is 5.44. The summed E-state index contributed by atoms with van der Waals surface area (Å²) in [4.78, 5) is 0. The molecule has 1 aromatic rings. The number of methoxy groups -OCH3 is 2. The molecule has 2 fully saturated rings. The van der Waals surface area contributed by atoms with E-state index in [0.29, 0.717) is 31.1 Å². The van der Waals surface area contributed by atoms with E-state index in [1.807, 2.05) is 18.2 Å². The van der Waals surface area contributed by atoms with Crippen molar-refractivity contribution in [3.05, 3.63) is 23.8 Å². The lowest BCUT2D eigenvalue weighted by molar-refractivity contribution is -0.199. The van der Waals surface area contributed by atoms with Crippen LogP contribution < -0.4 is 9.47 Å². The van der Waals surface area contributed by atoms with Gasteiger partial charge in [0.05, 0.1) is 33.5 Å². The molecule has 0 aromatic heterocycles. The van der Waals surface area contributed by atoms with E-state index < -0.39 is 11.9 Å². The fourth-order valence-electron chi connectivity index (χ4n) is 3.36. The van der Waals surface area contributed by atoms with E-state index in [1.165, 1.54) is 0 Å². The summed E-state index contributed by atoms with van der Waals surface area (Å²) < 4.78 is 22.0. The van der Waals surface area contributed by atoms with Crippen molar-refractivity contribution in [3.63, 3.8) is 0 Å². The SMILES string of the molecule is COc1ccc(C2CCC3(CC2O)OCCO3)cc1OC. The van der Waals surface area contributed by atoms with Crippen molar-refractivity contribution in [1.29, 1.82) is 0 Å². The Morgan fingerprint density at radius 1 is 1.14 bits per heavy atom. The Morgan fingerprint density at radius 2 is 1.86 bits per heavy atom. The third-order valence-electron chi connectivity index (χ3n) is 4.47. The van der Waals surface area contributed by atoms with E-state index in [2.05, 4.69) is 0 Å². The van der Waals surface area contributed by atoms with Crippen molar-refractivity contribution in [2.75, 3.05) is 27.4 Å². The molecule has 2 atom stereocenters. The van der Waals surface area contributed by atoms with Crippen LogP contribution in [0.1, 0.15) is 30.7 Å². The number of aliphatic hydroxyl groups excluding tert-OH is 1. The molecule has 1 aromatic carbocycles. The van der Waals surface area contributed by atoms with Crippen LogP contribution in [0.4, 0.5) is 0 Å². The summed E-state index contributed by atoms with van der Waals surface area (Å²) in [6.45, 7) is 1.24. The maximum absolute atomic E-state index is 10.5. The number of benzene rings is 1. The van der Waals surface area contributed by atoms with Crippen LogP contribution in [0.15, 0.2) is 18.2 Å². The summed E-state index contributed by atoms with van der Waals surface area (Å²) >= 11 is 0. The molecule has 5 heteroatoms. The second-order valence-electron chi connectivity index (χ2n) is 5.64. The summed E-state index contributed by atoms with van der Waals surface area (Å²) in [6.07, 6.45) is 1.68. The third-order valence-corrected chi connectivity index (χ3v) is 4.47. The van der Waals surface area contributed by atoms with Crippen LogP contribution in [0.25, 0.3) is 0 Å². The Balaban J connectivity index is 1.78. The van der Waals surface area contributed by atoms with Crippen LogP contribution in [0.2, 0.25) is 0 Å². The van der Waals surface area contributed by atoms with Gasteiger partial charge in [-0.25, -0.2) is 0 Å². The molecular formula is C16H22O5. The minimum absolute atomic E-state index is 0.0724. The maximum Gasteiger partial charge on any atom is 0.171 e. The fourth-order valence-corrected chi connectivity index (χ4v) is 3.36. The Morgan fingerprint density at radius 3 is 2.48 bits per heavy atom. The lowest BCUT2D eigenvalue weighted by Crippen LogP contribution is -2.42. The summed E-state index contributed by atoms with van der Waals surface area (Å²) in [5.74, 6) is 0.900. The molecule has 2 aliphatic rings. The summed E-state index contributed by atoms with van der Waals surface area (Å²) in [7, 11) is 3.24. The molecule has 1 aliphatic heterocycles. The van der Waals surface area contributed by atoms with Gasteiger partial charge in [-0.3, -0.25) is 0 Å². The fraction of sp³-hybridized carbons (Fsp3) is 0.625. The van der Waals surface area contributed by atoms with Gasteiger partial charge in [-0.15, -0.1) is 0 Å². The van der Waals surface area contributed by atoms with Crippen LogP contribution in [-0.2, 0) is 9.47 Å². The van der Waals surface area contributed by atoms with Crippen molar-refractivity contribution in [2.24, 2.45) is 0 Å². The standard InChI is InChI=1S/C16H22O5/c1-18-14-4-3-11(9-15(14)19-2)12-5-6-16(10-13(12)17)20-7-8-21-16/h3-4,9,12-13,17H,5-8,10H2,1-2H3. The first-order valence-electron chi connectivity index (χ1n) is 7.35. The van der Waals surface area contributed by atoms with E-state index in [0.717, 1.165) is 18.4 Å². The van der Waals surface area contributed by atoms with E-state index in [9.17, 15) is 5.11 Å². The predicted molar refractivity (Wildman–Crippen MR) is 76.8 cm³/mol. The highest BCUT2D eigenvalue weighted by Crippen LogP contribution is 2.43. The molecule has 1 saturated carbocycles. The van der Waals surface area contributed by atoms with E-state index >= 15 is 0 Å². The molecule has 116 valence electrons. The molecule has 1 N–H and O–H groups in total. The Kier molecular flexibility index (Phi) is 4.06. The quantitative estimate of drug-likeness (QED) is 0.925. The van der Waals surface area contributed by atoms with Gasteiger partial charge in [0.15, 0.2) is 17.3 Å². The molecule has 5 nitrogen and oxygen atoms in total. The van der Waals surface area contributed by atoms with Crippen molar-refractivity contribution < 1.29 is 24.1 Å². The van der Waals surface area contributed by atoms with Crippen LogP contribution in [0.3, 0.4) is 0 Å². The van der Waals surface area contributed by atoms with Crippen LogP contribution in [0.5, 0.6) is 11.5 Å². The molecule has 0 amide bonds. The zero-order valence-electron chi connectivity index (χ0n) is 12.5. The van der Waals surface area contributed by atoms with Gasteiger partial charge in [0.2, 0.25) is 0 Å². The summed E-state index contributed by atoms with van der Waals surface area (Å²) in [5, 5.41) is 10.5. The maximum atomic E-state index is 10.5. The normalized spacial score (nSPS) is 27.8. The first kappa shape index (κ1) is 14.6. The van der Waals surface area contributed by atoms with Gasteiger partial charge in [0.1, 0.15) is 0 Å². The molecule has 0 bridgehead atoms. The molecule has 2 unspecified atom stereocenters. The molecule has 1 aliphatic carbocycles. The summed E-state index contributed by atoms with van der Waals surface area (Å²) in [6, 6.07) is 5.82. The largest absolute Gasteiger partial charge is 0.493 e. The van der Waals surface area contributed by atoms with E-state index in [-0.39, 0.29) is 5.92 Å². The molecule has 0 radical (unpaired) electrons. The minimum Gasteiger partial charge on any atom is -0.493 e. The van der Waals surface area contributed by atoms with Crippen molar-refractivity contribution in [3.8, 4) is 11.5 Å². The lowest BCUT2D eigenvalue weighted by Gasteiger charge is -2.39. The van der Waals surface area contributed by atoms with Crippen LogP contribution in [-0.4, -0.2) is 44.4 Å². The second kappa shape index (κ2) is 5.83. The first-order chi connectivity index (χ1) is 10.2. The predicted octanol–water partition coefficient (Wildman–Crippen LogP) is 2.08. The number of hydrogen-bond acceptors (Lipinski definition) is 5. The zero-order chi connectivity index (χ0) is 14.9. The average Bonchev–Trinajstić information content (AvgIpc) is 2.94. The molecule has 1 saturated heterocycles. The van der Waals surface area contributed by atoms with Gasteiger partial charge in [-0.1, -0.05) is 6.07 Å². The highest BCUT2D eigenvalue weighted by Gasteiger charge is 2.45. The van der Waals surface area contributed by atoms with Crippen molar-refractivity contribution in [2.45, 2.75) is 37.1 Å². The van der Waals surface area contributed by atoms with Gasteiger partial charge >= 0.3 is 0 Å². The summed E-state index contributed by atoms with van der Waals surface area (Å²) in [5.41, 5.74) is 1.06. The molecule has 1 heterocycles. The Labute approximate surface area is 124 Å². The van der Waals surface area contributed by atoms with Crippen molar-refractivity contribution >= 4 is 0 Å². The van der Waals surface area contributed by atoms with E-state index in [1.54, 1.807) is 14.2 Å². The third kappa shape index (κ3) is 2.73. The molecule has 3 rings (SSSR count). The number of hydrogen-bond donors (Lipinski definition) is 1. The first-order valence-corrected chi connectivity index (χ1v) is 7.35. The number of ether oxygens (including phenoxy) is 4. The Hall–Kier alpha value is -1.30. The number of rotatable bonds is 3. The molecule has 21 heavy (non-hydrogen) atoms. The van der Waals surface area contributed by atoms with Crippen molar-refractivity contribution in [1.82, 2.24) is 0 Å². The molecular weight excluding hydrogens is 272 g/mol. The highest BCUT2D eigenvalue weighted by atomic mass is 16.7. The molecule has 1 spiro atoms. The van der Waals surface area contributed by atoms with Gasteiger partial charge in [0.25, 0.3) is 0 Å².